The summed E-state index contributed by atoms with van der Waals surface area (Å²) in [5, 5.41) is 4.36. The number of fused-ring (bicyclic) bond motifs is 1. The number of aliphatic imine (C=N–C) groups is 1. The standard InChI is InChI=1S/C37H31Cl2N5O6S/c1-48-32-19-23(20-33(49-2)36(32)50-3)22-40-25-15-17-26(18-16-25)51(46,47)43-44-34(41-31-14-7-5-10-27(31)37(44)45)21-24-9-4-6-13-30(24)42-35-28(38)11-8-12-29(35)39/h4-20,22,42-43H,21H2,1-3H3. The van der Waals surface area contributed by atoms with Crippen LogP contribution < -0.4 is 29.9 Å². The lowest BCUT2D eigenvalue weighted by atomic mass is 10.1. The lowest BCUT2D eigenvalue weighted by molar-refractivity contribution is 0.324. The van der Waals surface area contributed by atoms with Crippen molar-refractivity contribution in [1.82, 2.24) is 9.66 Å². The van der Waals surface area contributed by atoms with Crippen molar-refractivity contribution in [2.24, 2.45) is 4.99 Å². The Morgan fingerprint density at radius 2 is 1.47 bits per heavy atom. The van der Waals surface area contributed by atoms with Crippen molar-refractivity contribution in [2.45, 2.75) is 11.3 Å². The van der Waals surface area contributed by atoms with Crippen LogP contribution >= 0.6 is 23.2 Å². The zero-order chi connectivity index (χ0) is 36.1. The molecular weight excluding hydrogens is 713 g/mol. The van der Waals surface area contributed by atoms with Crippen LogP contribution in [0.5, 0.6) is 17.2 Å². The molecule has 1 aromatic heterocycles. The Morgan fingerprint density at radius 1 is 0.824 bits per heavy atom. The monoisotopic (exact) mass is 743 g/mol. The van der Waals surface area contributed by atoms with Crippen molar-refractivity contribution < 1.29 is 22.6 Å². The number of nitrogens with zero attached hydrogens (tertiary/aromatic N) is 3. The van der Waals surface area contributed by atoms with Gasteiger partial charge in [0.05, 0.1) is 58.5 Å². The van der Waals surface area contributed by atoms with Gasteiger partial charge in [0, 0.05) is 23.9 Å². The number of halogens is 2. The molecule has 0 unspecified atom stereocenters. The van der Waals surface area contributed by atoms with E-state index in [4.69, 9.17) is 42.4 Å². The van der Waals surface area contributed by atoms with E-state index in [-0.39, 0.29) is 22.5 Å². The number of anilines is 2. The van der Waals surface area contributed by atoms with E-state index < -0.39 is 15.6 Å². The van der Waals surface area contributed by atoms with E-state index in [1.54, 1.807) is 72.9 Å². The van der Waals surface area contributed by atoms with Crippen LogP contribution in [0.3, 0.4) is 0 Å². The summed E-state index contributed by atoms with van der Waals surface area (Å²) in [5.41, 5.74) is 2.85. The summed E-state index contributed by atoms with van der Waals surface area (Å²) in [7, 11) is 0.280. The highest BCUT2D eigenvalue weighted by atomic mass is 35.5. The van der Waals surface area contributed by atoms with Crippen molar-refractivity contribution in [3.05, 3.63) is 140 Å². The minimum atomic E-state index is -4.28. The summed E-state index contributed by atoms with van der Waals surface area (Å²) >= 11 is 12.8. The smallest absolute Gasteiger partial charge is 0.280 e. The zero-order valence-corrected chi connectivity index (χ0v) is 29.9. The van der Waals surface area contributed by atoms with Crippen molar-refractivity contribution in [2.75, 3.05) is 31.5 Å². The largest absolute Gasteiger partial charge is 0.493 e. The summed E-state index contributed by atoms with van der Waals surface area (Å²) in [6.45, 7) is 0. The second-order valence-corrected chi connectivity index (χ2v) is 13.5. The molecule has 0 amide bonds. The van der Waals surface area contributed by atoms with Crippen LogP contribution in [-0.4, -0.2) is 45.6 Å². The molecular formula is C37H31Cl2N5O6S. The molecule has 6 aromatic rings. The van der Waals surface area contributed by atoms with Crippen LogP contribution in [0.25, 0.3) is 10.9 Å². The number of benzene rings is 5. The Balaban J connectivity index is 1.31. The Labute approximate surface area is 304 Å². The van der Waals surface area contributed by atoms with Gasteiger partial charge in [-0.25, -0.2) is 9.82 Å². The minimum absolute atomic E-state index is 0.0718. The van der Waals surface area contributed by atoms with E-state index in [9.17, 15) is 13.2 Å². The van der Waals surface area contributed by atoms with Crippen LogP contribution in [0.4, 0.5) is 17.1 Å². The molecule has 0 fully saturated rings. The van der Waals surface area contributed by atoms with E-state index in [0.717, 1.165) is 4.68 Å². The Morgan fingerprint density at radius 3 is 2.14 bits per heavy atom. The lowest BCUT2D eigenvalue weighted by Crippen LogP contribution is -2.36. The van der Waals surface area contributed by atoms with Crippen molar-refractivity contribution in [1.29, 1.82) is 0 Å². The quantitative estimate of drug-likeness (QED) is 0.122. The van der Waals surface area contributed by atoms with Crippen molar-refractivity contribution >= 4 is 67.4 Å². The number of para-hydroxylation sites is 3. The van der Waals surface area contributed by atoms with Crippen LogP contribution in [0.2, 0.25) is 10.0 Å². The fourth-order valence-electron chi connectivity index (χ4n) is 5.32. The van der Waals surface area contributed by atoms with Crippen LogP contribution in [0, 0.1) is 0 Å². The lowest BCUT2D eigenvalue weighted by Gasteiger charge is -2.18. The van der Waals surface area contributed by atoms with Gasteiger partial charge in [0.15, 0.2) is 11.5 Å². The molecule has 260 valence electrons. The predicted molar refractivity (Wildman–Crippen MR) is 201 cm³/mol. The van der Waals surface area contributed by atoms with Gasteiger partial charge in [-0.3, -0.25) is 9.79 Å². The zero-order valence-electron chi connectivity index (χ0n) is 27.6. The Bertz CT molecular complexity index is 2390. The maximum absolute atomic E-state index is 13.8. The summed E-state index contributed by atoms with van der Waals surface area (Å²) in [5.74, 6) is 1.54. The van der Waals surface area contributed by atoms with Crippen molar-refractivity contribution in [3.63, 3.8) is 0 Å². The van der Waals surface area contributed by atoms with E-state index in [1.165, 1.54) is 33.5 Å². The van der Waals surface area contributed by atoms with E-state index in [1.807, 2.05) is 24.3 Å². The first-order chi connectivity index (χ1) is 24.6. The molecule has 0 saturated heterocycles. The van der Waals surface area contributed by atoms with Gasteiger partial charge in [-0.05, 0) is 72.3 Å². The first-order valence-corrected chi connectivity index (χ1v) is 17.6. The molecule has 51 heavy (non-hydrogen) atoms. The van der Waals surface area contributed by atoms with Gasteiger partial charge in [-0.2, -0.15) is 13.1 Å². The van der Waals surface area contributed by atoms with Gasteiger partial charge in [0.2, 0.25) is 5.75 Å². The fraction of sp³-hybridized carbons (Fsp3) is 0.108. The highest BCUT2D eigenvalue weighted by Crippen LogP contribution is 2.38. The maximum Gasteiger partial charge on any atom is 0.280 e. The van der Waals surface area contributed by atoms with Crippen LogP contribution in [0.15, 0.2) is 118 Å². The molecule has 5 aromatic carbocycles. The highest BCUT2D eigenvalue weighted by molar-refractivity contribution is 7.92. The molecule has 14 heteroatoms. The molecule has 0 atom stereocenters. The first-order valence-electron chi connectivity index (χ1n) is 15.4. The molecule has 0 radical (unpaired) electrons. The number of sulfonamides is 1. The van der Waals surface area contributed by atoms with Crippen molar-refractivity contribution in [3.8, 4) is 17.2 Å². The van der Waals surface area contributed by atoms with Crippen LogP contribution in [0.1, 0.15) is 17.0 Å². The Kier molecular flexibility index (Phi) is 10.5. The molecule has 1 heterocycles. The summed E-state index contributed by atoms with van der Waals surface area (Å²) in [6, 6.07) is 28.6. The first kappa shape index (κ1) is 35.3. The molecule has 0 bridgehead atoms. The predicted octanol–water partition coefficient (Wildman–Crippen LogP) is 7.75. The molecule has 2 N–H and O–H groups in total. The number of hydrogen-bond donors (Lipinski definition) is 2. The second kappa shape index (κ2) is 15.1. The molecule has 0 aliphatic carbocycles. The maximum atomic E-state index is 13.8. The molecule has 0 aliphatic heterocycles. The number of rotatable bonds is 12. The van der Waals surface area contributed by atoms with Gasteiger partial charge in [0.1, 0.15) is 5.82 Å². The number of hydrogen-bond acceptors (Lipinski definition) is 9. The molecule has 0 saturated carbocycles. The van der Waals surface area contributed by atoms with Gasteiger partial charge < -0.3 is 19.5 Å². The van der Waals surface area contributed by atoms with E-state index in [0.29, 0.717) is 61.0 Å². The third-order valence-electron chi connectivity index (χ3n) is 7.84. The topological polar surface area (TPSA) is 133 Å². The van der Waals surface area contributed by atoms with Gasteiger partial charge in [-0.1, -0.05) is 59.6 Å². The van der Waals surface area contributed by atoms with Gasteiger partial charge >= 0.3 is 0 Å². The highest BCUT2D eigenvalue weighted by Gasteiger charge is 2.21. The average molecular weight is 745 g/mol. The minimum Gasteiger partial charge on any atom is -0.493 e. The normalized spacial score (nSPS) is 11.5. The third-order valence-corrected chi connectivity index (χ3v) is 9.79. The van der Waals surface area contributed by atoms with E-state index >= 15 is 0 Å². The number of methoxy groups -OCH3 is 3. The number of nitrogens with one attached hydrogen (secondary N) is 2. The summed E-state index contributed by atoms with van der Waals surface area (Å²) in [4.78, 5) is 25.4. The van der Waals surface area contributed by atoms with Crippen LogP contribution in [-0.2, 0) is 16.4 Å². The average Bonchev–Trinajstić information content (AvgIpc) is 3.14. The third kappa shape index (κ3) is 7.63. The molecule has 0 spiro atoms. The van der Waals surface area contributed by atoms with Gasteiger partial charge in [0.25, 0.3) is 15.6 Å². The second-order valence-electron chi connectivity index (χ2n) is 11.0. The number of ether oxygens (including phenoxy) is 3. The summed E-state index contributed by atoms with van der Waals surface area (Å²) < 4.78 is 44.6. The van der Waals surface area contributed by atoms with E-state index in [2.05, 4.69) is 15.1 Å². The molecule has 0 aliphatic rings. The molecule has 6 rings (SSSR count). The summed E-state index contributed by atoms with van der Waals surface area (Å²) in [6.07, 6.45) is 1.66. The SMILES string of the molecule is COc1cc(C=Nc2ccc(S(=O)(=O)Nn3c(Cc4ccccc4Nc4c(Cl)cccc4Cl)nc4ccccc4c3=O)cc2)cc(OC)c1OC. The Hall–Kier alpha value is -5.56. The van der Waals surface area contributed by atoms with Gasteiger partial charge in [-0.15, -0.1) is 0 Å². The number of aromatic nitrogens is 2. The fourth-order valence-corrected chi connectivity index (χ4v) is 6.84. The molecule has 11 nitrogen and oxygen atoms in total.